The molecule has 0 saturated heterocycles. The number of aryl methyl sites for hydroxylation is 2. The standard InChI is InChI=1S/C19H17FN4O2S/c20-12-5-7-13(8-6-12)24-18(25)10-9-15(23-24)19(26)21-11-17-22-14-3-1-2-4-16(14)27-17/h5-10H,1-4,11H2,(H,21,26). The van der Waals surface area contributed by atoms with E-state index in [1.807, 2.05) is 0 Å². The number of hydrogen-bond donors (Lipinski definition) is 1. The minimum atomic E-state index is -0.410. The third-order valence-corrected chi connectivity index (χ3v) is 5.55. The number of benzene rings is 1. The zero-order valence-electron chi connectivity index (χ0n) is 14.4. The summed E-state index contributed by atoms with van der Waals surface area (Å²) in [4.78, 5) is 30.4. The van der Waals surface area contributed by atoms with Crippen molar-refractivity contribution in [3.8, 4) is 5.69 Å². The van der Waals surface area contributed by atoms with Crippen molar-refractivity contribution < 1.29 is 9.18 Å². The lowest BCUT2D eigenvalue weighted by atomic mass is 10.0. The molecule has 0 saturated carbocycles. The maximum atomic E-state index is 13.1. The third kappa shape index (κ3) is 3.80. The average Bonchev–Trinajstić information content (AvgIpc) is 3.10. The summed E-state index contributed by atoms with van der Waals surface area (Å²) >= 11 is 1.64. The second-order valence-electron chi connectivity index (χ2n) is 6.31. The van der Waals surface area contributed by atoms with E-state index in [2.05, 4.69) is 15.4 Å². The van der Waals surface area contributed by atoms with E-state index in [0.717, 1.165) is 34.6 Å². The highest BCUT2D eigenvalue weighted by Gasteiger charge is 2.16. The molecule has 1 aliphatic carbocycles. The van der Waals surface area contributed by atoms with Gasteiger partial charge in [-0.25, -0.2) is 9.37 Å². The van der Waals surface area contributed by atoms with Gasteiger partial charge in [-0.1, -0.05) is 0 Å². The number of halogens is 1. The molecule has 1 aliphatic rings. The highest BCUT2D eigenvalue weighted by Crippen LogP contribution is 2.26. The van der Waals surface area contributed by atoms with Crippen LogP contribution in [0, 0.1) is 5.82 Å². The fourth-order valence-electron chi connectivity index (χ4n) is 3.03. The number of amides is 1. The second-order valence-corrected chi connectivity index (χ2v) is 7.48. The maximum Gasteiger partial charge on any atom is 0.272 e. The molecule has 0 radical (unpaired) electrons. The molecular formula is C19H17FN4O2S. The lowest BCUT2D eigenvalue weighted by Gasteiger charge is -2.07. The van der Waals surface area contributed by atoms with Crippen LogP contribution in [0.5, 0.6) is 0 Å². The van der Waals surface area contributed by atoms with Crippen molar-refractivity contribution in [2.45, 2.75) is 32.2 Å². The number of nitrogens with one attached hydrogen (secondary N) is 1. The Kier molecular flexibility index (Phi) is 4.81. The molecule has 0 spiro atoms. The number of rotatable bonds is 4. The van der Waals surface area contributed by atoms with E-state index in [4.69, 9.17) is 0 Å². The molecule has 0 bridgehead atoms. The number of aromatic nitrogens is 3. The molecular weight excluding hydrogens is 367 g/mol. The molecule has 1 amide bonds. The van der Waals surface area contributed by atoms with E-state index < -0.39 is 11.4 Å². The van der Waals surface area contributed by atoms with E-state index in [1.165, 1.54) is 47.7 Å². The van der Waals surface area contributed by atoms with Crippen LogP contribution in [0.15, 0.2) is 41.2 Å². The summed E-state index contributed by atoms with van der Waals surface area (Å²) in [6, 6.07) is 8.00. The lowest BCUT2D eigenvalue weighted by molar-refractivity contribution is 0.0944. The molecule has 3 aromatic rings. The Morgan fingerprint density at radius 3 is 2.70 bits per heavy atom. The maximum absolute atomic E-state index is 13.1. The van der Waals surface area contributed by atoms with Crippen LogP contribution in [0.4, 0.5) is 4.39 Å². The number of carbonyl (C=O) groups excluding carboxylic acids is 1. The van der Waals surface area contributed by atoms with E-state index in [-0.39, 0.29) is 11.6 Å². The molecule has 0 fully saturated rings. The summed E-state index contributed by atoms with van der Waals surface area (Å²) in [5.41, 5.74) is 1.26. The molecule has 138 valence electrons. The molecule has 1 aromatic carbocycles. The first-order valence-corrected chi connectivity index (χ1v) is 9.54. The van der Waals surface area contributed by atoms with Crippen molar-refractivity contribution in [3.05, 3.63) is 73.8 Å². The van der Waals surface area contributed by atoms with Crippen molar-refractivity contribution >= 4 is 17.2 Å². The molecule has 8 heteroatoms. The van der Waals surface area contributed by atoms with Crippen LogP contribution in [0.2, 0.25) is 0 Å². The minimum Gasteiger partial charge on any atom is -0.344 e. The van der Waals surface area contributed by atoms with Gasteiger partial charge in [-0.2, -0.15) is 9.78 Å². The first kappa shape index (κ1) is 17.5. The Balaban J connectivity index is 1.50. The van der Waals surface area contributed by atoms with Crippen LogP contribution in [0.3, 0.4) is 0 Å². The summed E-state index contributed by atoms with van der Waals surface area (Å²) in [5, 5.41) is 7.78. The minimum absolute atomic E-state index is 0.111. The smallest absolute Gasteiger partial charge is 0.272 e. The van der Waals surface area contributed by atoms with Crippen molar-refractivity contribution in [2.24, 2.45) is 0 Å². The van der Waals surface area contributed by atoms with Gasteiger partial charge < -0.3 is 5.32 Å². The van der Waals surface area contributed by atoms with E-state index in [0.29, 0.717) is 12.2 Å². The SMILES string of the molecule is O=C(NCc1nc2c(s1)CCCC2)c1ccc(=O)n(-c2ccc(F)cc2)n1. The van der Waals surface area contributed by atoms with E-state index in [1.54, 1.807) is 11.3 Å². The lowest BCUT2D eigenvalue weighted by Crippen LogP contribution is -2.28. The van der Waals surface area contributed by atoms with Crippen molar-refractivity contribution in [3.63, 3.8) is 0 Å². The predicted molar refractivity (Wildman–Crippen MR) is 99.7 cm³/mol. The highest BCUT2D eigenvalue weighted by molar-refractivity contribution is 7.11. The first-order valence-electron chi connectivity index (χ1n) is 8.72. The van der Waals surface area contributed by atoms with Crippen LogP contribution >= 0.6 is 11.3 Å². The summed E-state index contributed by atoms with van der Waals surface area (Å²) in [6.45, 7) is 0.327. The number of carbonyl (C=O) groups is 1. The summed E-state index contributed by atoms with van der Waals surface area (Å²) in [5.74, 6) is -0.800. The van der Waals surface area contributed by atoms with Crippen LogP contribution in [-0.2, 0) is 19.4 Å². The topological polar surface area (TPSA) is 76.9 Å². The van der Waals surface area contributed by atoms with Crippen molar-refractivity contribution in [1.82, 2.24) is 20.1 Å². The van der Waals surface area contributed by atoms with Crippen LogP contribution in [0.25, 0.3) is 5.69 Å². The van der Waals surface area contributed by atoms with Gasteiger partial charge in [0, 0.05) is 10.9 Å². The van der Waals surface area contributed by atoms with Gasteiger partial charge in [0.1, 0.15) is 16.5 Å². The zero-order chi connectivity index (χ0) is 18.8. The highest BCUT2D eigenvalue weighted by atomic mass is 32.1. The molecule has 0 atom stereocenters. The van der Waals surface area contributed by atoms with Gasteiger partial charge in [-0.3, -0.25) is 9.59 Å². The van der Waals surface area contributed by atoms with Gasteiger partial charge in [0.05, 0.1) is 17.9 Å². The van der Waals surface area contributed by atoms with Gasteiger partial charge >= 0.3 is 0 Å². The van der Waals surface area contributed by atoms with Crippen molar-refractivity contribution in [1.29, 1.82) is 0 Å². The molecule has 0 unspecified atom stereocenters. The first-order chi connectivity index (χ1) is 13.1. The Morgan fingerprint density at radius 2 is 1.93 bits per heavy atom. The molecule has 4 rings (SSSR count). The van der Waals surface area contributed by atoms with Gasteiger partial charge in [-0.05, 0) is 56.0 Å². The summed E-state index contributed by atoms with van der Waals surface area (Å²) in [6.07, 6.45) is 4.42. The van der Waals surface area contributed by atoms with Gasteiger partial charge in [-0.15, -0.1) is 11.3 Å². The molecule has 2 aromatic heterocycles. The van der Waals surface area contributed by atoms with E-state index in [9.17, 15) is 14.0 Å². The fraction of sp³-hybridized carbons (Fsp3) is 0.263. The number of nitrogens with zero attached hydrogens (tertiary/aromatic N) is 3. The molecule has 2 heterocycles. The monoisotopic (exact) mass is 384 g/mol. The normalized spacial score (nSPS) is 13.2. The van der Waals surface area contributed by atoms with Crippen molar-refractivity contribution in [2.75, 3.05) is 0 Å². The average molecular weight is 384 g/mol. The molecule has 1 N–H and O–H groups in total. The third-order valence-electron chi connectivity index (χ3n) is 4.39. The summed E-state index contributed by atoms with van der Waals surface area (Å²) in [7, 11) is 0. The molecule has 6 nitrogen and oxygen atoms in total. The Bertz CT molecular complexity index is 1020. The molecule has 27 heavy (non-hydrogen) atoms. The Labute approximate surface area is 158 Å². The van der Waals surface area contributed by atoms with Gasteiger partial charge in [0.25, 0.3) is 11.5 Å². The fourth-order valence-corrected chi connectivity index (χ4v) is 4.12. The van der Waals surface area contributed by atoms with Gasteiger partial charge in [0.2, 0.25) is 0 Å². The largest absolute Gasteiger partial charge is 0.344 e. The van der Waals surface area contributed by atoms with Gasteiger partial charge in [0.15, 0.2) is 0 Å². The Morgan fingerprint density at radius 1 is 1.15 bits per heavy atom. The summed E-state index contributed by atoms with van der Waals surface area (Å²) < 4.78 is 14.2. The van der Waals surface area contributed by atoms with Crippen LogP contribution < -0.4 is 10.9 Å². The number of thiazole rings is 1. The number of hydrogen-bond acceptors (Lipinski definition) is 5. The zero-order valence-corrected chi connectivity index (χ0v) is 15.3. The van der Waals surface area contributed by atoms with E-state index >= 15 is 0 Å². The quantitative estimate of drug-likeness (QED) is 0.750. The van der Waals surface area contributed by atoms with Crippen LogP contribution in [-0.4, -0.2) is 20.7 Å². The van der Waals surface area contributed by atoms with Crippen LogP contribution in [0.1, 0.15) is 38.9 Å². The predicted octanol–water partition coefficient (Wildman–Crippen LogP) is 2.64. The second kappa shape index (κ2) is 7.40. The molecule has 0 aliphatic heterocycles. The number of fused-ring (bicyclic) bond motifs is 1. The Hall–Kier alpha value is -2.87.